The molecule has 0 unspecified atom stereocenters. The fourth-order valence-corrected chi connectivity index (χ4v) is 3.64. The molecule has 0 saturated heterocycles. The van der Waals surface area contributed by atoms with E-state index in [2.05, 4.69) is 10.4 Å². The number of H-pyrrole nitrogens is 1. The first-order chi connectivity index (χ1) is 14.1. The van der Waals surface area contributed by atoms with E-state index in [0.717, 1.165) is 10.2 Å². The number of benzene rings is 2. The van der Waals surface area contributed by atoms with Gasteiger partial charge in [0, 0.05) is 5.69 Å². The Labute approximate surface area is 179 Å². The van der Waals surface area contributed by atoms with Gasteiger partial charge in [0.15, 0.2) is 5.75 Å². The van der Waals surface area contributed by atoms with Crippen LogP contribution in [0.4, 0.5) is 11.5 Å². The molecule has 0 bridgehead atoms. The zero-order valence-electron chi connectivity index (χ0n) is 15.7. The molecule has 0 fully saturated rings. The molecule has 0 radical (unpaired) electrons. The Bertz CT molecular complexity index is 1310. The number of carbonyl (C=O) groups excluding carboxylic acids is 1. The monoisotopic (exact) mass is 447 g/mol. The zero-order chi connectivity index (χ0) is 21.8. The minimum atomic E-state index is -0.798. The standard InChI is InChI=1S/C19H15Cl2N5O4/c1-19(2)10-7-9(3-4-13(10)23-17(19)28)30-14-11(20)5-8(6-12(14)21)26-18(29)24-16(27)15(22)25-26/h3-7H,1-2H3,(H2,22,25)(H,23,28)(H,24,27,29). The lowest BCUT2D eigenvalue weighted by Gasteiger charge is -2.17. The third-order valence-corrected chi connectivity index (χ3v) is 5.34. The number of carbonyl (C=O) groups is 1. The summed E-state index contributed by atoms with van der Waals surface area (Å²) in [7, 11) is 0. The number of amides is 1. The van der Waals surface area contributed by atoms with Crippen molar-refractivity contribution in [1.82, 2.24) is 14.8 Å². The smallest absolute Gasteiger partial charge is 0.349 e. The third kappa shape index (κ3) is 3.21. The number of nitrogens with zero attached hydrogens (tertiary/aromatic N) is 2. The second-order valence-corrected chi connectivity index (χ2v) is 8.00. The van der Waals surface area contributed by atoms with Crippen LogP contribution in [-0.4, -0.2) is 20.7 Å². The van der Waals surface area contributed by atoms with Gasteiger partial charge in [-0.25, -0.2) is 4.79 Å². The molecule has 11 heteroatoms. The average molecular weight is 448 g/mol. The molecule has 2 aromatic carbocycles. The van der Waals surface area contributed by atoms with Crippen molar-refractivity contribution < 1.29 is 9.53 Å². The largest absolute Gasteiger partial charge is 0.454 e. The molecule has 1 amide bonds. The van der Waals surface area contributed by atoms with E-state index in [1.807, 2.05) is 18.8 Å². The van der Waals surface area contributed by atoms with Crippen molar-refractivity contribution in [3.05, 3.63) is 66.8 Å². The minimum absolute atomic E-state index is 0.102. The van der Waals surface area contributed by atoms with Gasteiger partial charge in [-0.15, -0.1) is 5.10 Å². The van der Waals surface area contributed by atoms with Crippen molar-refractivity contribution in [3.8, 4) is 17.2 Å². The second kappa shape index (κ2) is 6.89. The number of aromatic amines is 1. The van der Waals surface area contributed by atoms with Gasteiger partial charge in [0.1, 0.15) is 5.75 Å². The van der Waals surface area contributed by atoms with E-state index in [0.29, 0.717) is 11.4 Å². The van der Waals surface area contributed by atoms with E-state index in [9.17, 15) is 14.4 Å². The van der Waals surface area contributed by atoms with Crippen molar-refractivity contribution >= 4 is 40.6 Å². The van der Waals surface area contributed by atoms with Crippen LogP contribution in [0.1, 0.15) is 19.4 Å². The number of nitrogens with one attached hydrogen (secondary N) is 2. The fourth-order valence-electron chi connectivity index (χ4n) is 3.09. The van der Waals surface area contributed by atoms with Gasteiger partial charge in [-0.2, -0.15) is 4.68 Å². The van der Waals surface area contributed by atoms with E-state index in [1.54, 1.807) is 18.2 Å². The molecule has 0 aliphatic carbocycles. The van der Waals surface area contributed by atoms with Crippen LogP contribution >= 0.6 is 23.2 Å². The van der Waals surface area contributed by atoms with Gasteiger partial charge >= 0.3 is 5.69 Å². The van der Waals surface area contributed by atoms with E-state index < -0.39 is 16.7 Å². The van der Waals surface area contributed by atoms with Crippen LogP contribution in [0.5, 0.6) is 11.5 Å². The molecule has 2 heterocycles. The Hall–Kier alpha value is -3.30. The van der Waals surface area contributed by atoms with E-state index >= 15 is 0 Å². The summed E-state index contributed by atoms with van der Waals surface area (Å²) >= 11 is 12.7. The summed E-state index contributed by atoms with van der Waals surface area (Å²) in [6, 6.07) is 7.95. The molecular weight excluding hydrogens is 433 g/mol. The second-order valence-electron chi connectivity index (χ2n) is 7.18. The molecule has 0 saturated carbocycles. The summed E-state index contributed by atoms with van der Waals surface area (Å²) in [5.41, 5.74) is 4.87. The number of anilines is 2. The van der Waals surface area contributed by atoms with Crippen molar-refractivity contribution in [2.45, 2.75) is 19.3 Å². The quantitative estimate of drug-likeness (QED) is 0.565. The third-order valence-electron chi connectivity index (χ3n) is 4.78. The molecule has 0 atom stereocenters. The van der Waals surface area contributed by atoms with Crippen LogP contribution in [0.2, 0.25) is 10.0 Å². The molecule has 1 aromatic heterocycles. The molecular formula is C19H15Cl2N5O4. The van der Waals surface area contributed by atoms with Gasteiger partial charge in [0.25, 0.3) is 5.56 Å². The Kier molecular flexibility index (Phi) is 4.59. The first-order valence-electron chi connectivity index (χ1n) is 8.70. The Balaban J connectivity index is 1.72. The molecule has 154 valence electrons. The number of hydrogen-bond donors (Lipinski definition) is 3. The molecule has 1 aliphatic rings. The van der Waals surface area contributed by atoms with Crippen molar-refractivity contribution in [2.75, 3.05) is 11.1 Å². The van der Waals surface area contributed by atoms with Crippen molar-refractivity contribution in [3.63, 3.8) is 0 Å². The molecule has 1 aliphatic heterocycles. The van der Waals surface area contributed by atoms with E-state index in [4.69, 9.17) is 33.7 Å². The summed E-state index contributed by atoms with van der Waals surface area (Å²) in [6.45, 7) is 3.63. The summed E-state index contributed by atoms with van der Waals surface area (Å²) in [6.07, 6.45) is 0. The highest BCUT2D eigenvalue weighted by Gasteiger charge is 2.38. The normalized spacial score (nSPS) is 14.3. The van der Waals surface area contributed by atoms with E-state index in [-0.39, 0.29) is 33.2 Å². The van der Waals surface area contributed by atoms with Gasteiger partial charge < -0.3 is 15.8 Å². The predicted molar refractivity (Wildman–Crippen MR) is 113 cm³/mol. The maximum atomic E-state index is 12.1. The highest BCUT2D eigenvalue weighted by molar-refractivity contribution is 6.37. The number of hydrogen-bond acceptors (Lipinski definition) is 6. The summed E-state index contributed by atoms with van der Waals surface area (Å²) in [5, 5.41) is 6.77. The Morgan fingerprint density at radius 2 is 1.77 bits per heavy atom. The number of aromatic nitrogens is 3. The minimum Gasteiger partial charge on any atom is -0.454 e. The Morgan fingerprint density at radius 3 is 2.43 bits per heavy atom. The highest BCUT2D eigenvalue weighted by atomic mass is 35.5. The number of rotatable bonds is 3. The predicted octanol–water partition coefficient (Wildman–Crippen LogP) is 2.83. The maximum Gasteiger partial charge on any atom is 0.349 e. The van der Waals surface area contributed by atoms with Crippen LogP contribution in [0.15, 0.2) is 39.9 Å². The van der Waals surface area contributed by atoms with E-state index in [1.165, 1.54) is 12.1 Å². The van der Waals surface area contributed by atoms with Crippen LogP contribution in [0.3, 0.4) is 0 Å². The summed E-state index contributed by atoms with van der Waals surface area (Å²) in [4.78, 5) is 37.6. The molecule has 9 nitrogen and oxygen atoms in total. The van der Waals surface area contributed by atoms with Gasteiger partial charge in [0.05, 0.1) is 21.1 Å². The van der Waals surface area contributed by atoms with Crippen molar-refractivity contribution in [2.24, 2.45) is 0 Å². The first-order valence-corrected chi connectivity index (χ1v) is 9.46. The fraction of sp³-hybridized carbons (Fsp3) is 0.158. The number of ether oxygens (including phenoxy) is 1. The number of nitrogen functional groups attached to an aromatic ring is 1. The van der Waals surface area contributed by atoms with Gasteiger partial charge in [0.2, 0.25) is 11.7 Å². The van der Waals surface area contributed by atoms with Crippen LogP contribution < -0.4 is 27.0 Å². The van der Waals surface area contributed by atoms with Gasteiger partial charge in [-0.1, -0.05) is 23.2 Å². The number of halogens is 2. The van der Waals surface area contributed by atoms with Crippen LogP contribution in [0, 0.1) is 0 Å². The zero-order valence-corrected chi connectivity index (χ0v) is 17.3. The lowest BCUT2D eigenvalue weighted by molar-refractivity contribution is -0.119. The van der Waals surface area contributed by atoms with Crippen LogP contribution in [0.25, 0.3) is 5.69 Å². The average Bonchev–Trinajstić information content (AvgIpc) is 2.90. The molecule has 3 aromatic rings. The Morgan fingerprint density at radius 1 is 1.10 bits per heavy atom. The maximum absolute atomic E-state index is 12.1. The van der Waals surface area contributed by atoms with Crippen molar-refractivity contribution in [1.29, 1.82) is 0 Å². The molecule has 4 N–H and O–H groups in total. The molecule has 4 rings (SSSR count). The van der Waals surface area contributed by atoms with Gasteiger partial charge in [-0.3, -0.25) is 14.6 Å². The SMILES string of the molecule is CC1(C)C(=O)Nc2ccc(Oc3c(Cl)cc(-n4nc(N)c(=O)[nH]c4=O)cc3Cl)cc21. The number of nitrogens with two attached hydrogens (primary N) is 1. The molecule has 30 heavy (non-hydrogen) atoms. The summed E-state index contributed by atoms with van der Waals surface area (Å²) < 4.78 is 6.73. The van der Waals surface area contributed by atoms with Gasteiger partial charge in [-0.05, 0) is 49.7 Å². The topological polar surface area (TPSA) is 132 Å². The first kappa shape index (κ1) is 20.0. The lowest BCUT2D eigenvalue weighted by atomic mass is 9.86. The molecule has 0 spiro atoms. The van der Waals surface area contributed by atoms with Crippen LogP contribution in [-0.2, 0) is 10.2 Å². The summed E-state index contributed by atoms with van der Waals surface area (Å²) in [5.74, 6) is 0.0975. The highest BCUT2D eigenvalue weighted by Crippen LogP contribution is 2.42. The number of fused-ring (bicyclic) bond motifs is 1. The lowest BCUT2D eigenvalue weighted by Crippen LogP contribution is -2.33.